The maximum Gasteiger partial charge on any atom is 0.277 e. The Morgan fingerprint density at radius 3 is 2.88 bits per heavy atom. The third-order valence-electron chi connectivity index (χ3n) is 2.74. The summed E-state index contributed by atoms with van der Waals surface area (Å²) in [4.78, 5) is 21.8. The number of nitro benzene ring substituents is 1. The summed E-state index contributed by atoms with van der Waals surface area (Å²) < 4.78 is 6.08. The van der Waals surface area contributed by atoms with Crippen LogP contribution in [0.15, 0.2) is 52.0 Å². The number of nitro groups is 1. The van der Waals surface area contributed by atoms with Crippen molar-refractivity contribution in [2.24, 2.45) is 5.10 Å². The topological polar surface area (TPSA) is 93.8 Å². The SMILES string of the molecule is O=C(COc1ccc(Br)cc1Cl)NN=Cc1cccc([N+](=O)[O-])c1. The Morgan fingerprint density at radius 2 is 2.17 bits per heavy atom. The van der Waals surface area contributed by atoms with Gasteiger partial charge in [0.25, 0.3) is 11.6 Å². The molecule has 0 saturated carbocycles. The average molecular weight is 413 g/mol. The van der Waals surface area contributed by atoms with Gasteiger partial charge in [-0.2, -0.15) is 5.10 Å². The van der Waals surface area contributed by atoms with E-state index < -0.39 is 10.8 Å². The Hall–Kier alpha value is -2.45. The minimum absolute atomic E-state index is 0.0570. The van der Waals surface area contributed by atoms with E-state index in [-0.39, 0.29) is 12.3 Å². The molecule has 0 fully saturated rings. The Bertz CT molecular complexity index is 798. The van der Waals surface area contributed by atoms with E-state index in [0.717, 1.165) is 4.47 Å². The van der Waals surface area contributed by atoms with Crippen molar-refractivity contribution in [2.45, 2.75) is 0 Å². The molecular formula is C15H11BrClN3O4. The maximum atomic E-state index is 11.6. The van der Waals surface area contributed by atoms with Crippen LogP contribution in [-0.2, 0) is 4.79 Å². The molecule has 2 aromatic carbocycles. The van der Waals surface area contributed by atoms with Gasteiger partial charge in [0, 0.05) is 22.2 Å². The van der Waals surface area contributed by atoms with E-state index in [9.17, 15) is 14.9 Å². The molecule has 2 rings (SSSR count). The lowest BCUT2D eigenvalue weighted by atomic mass is 10.2. The fourth-order valence-electron chi connectivity index (χ4n) is 1.67. The Morgan fingerprint density at radius 1 is 1.38 bits per heavy atom. The molecule has 9 heteroatoms. The Balaban J connectivity index is 1.86. The van der Waals surface area contributed by atoms with Crippen LogP contribution in [0.2, 0.25) is 5.02 Å². The molecule has 0 heterocycles. The Labute approximate surface area is 150 Å². The van der Waals surface area contributed by atoms with Crippen molar-refractivity contribution in [3.05, 3.63) is 67.6 Å². The fourth-order valence-corrected chi connectivity index (χ4v) is 2.39. The van der Waals surface area contributed by atoms with Gasteiger partial charge in [-0.25, -0.2) is 5.43 Å². The third kappa shape index (κ3) is 5.32. The predicted molar refractivity (Wildman–Crippen MR) is 93.5 cm³/mol. The largest absolute Gasteiger partial charge is 0.482 e. The molecular weight excluding hydrogens is 402 g/mol. The molecule has 0 aliphatic rings. The van der Waals surface area contributed by atoms with Crippen molar-refractivity contribution in [1.29, 1.82) is 0 Å². The molecule has 0 radical (unpaired) electrons. The number of ether oxygens (including phenoxy) is 1. The molecule has 0 aliphatic carbocycles. The maximum absolute atomic E-state index is 11.6. The van der Waals surface area contributed by atoms with Crippen LogP contribution in [0.3, 0.4) is 0 Å². The molecule has 7 nitrogen and oxygen atoms in total. The van der Waals surface area contributed by atoms with Crippen LogP contribution >= 0.6 is 27.5 Å². The lowest BCUT2D eigenvalue weighted by Crippen LogP contribution is -2.24. The van der Waals surface area contributed by atoms with Crippen molar-refractivity contribution in [3.63, 3.8) is 0 Å². The normalized spacial score (nSPS) is 10.6. The van der Waals surface area contributed by atoms with Crippen molar-refractivity contribution in [3.8, 4) is 5.75 Å². The second kappa shape index (κ2) is 8.42. The first-order valence-electron chi connectivity index (χ1n) is 6.60. The summed E-state index contributed by atoms with van der Waals surface area (Å²) in [6.45, 7) is -0.270. The molecule has 0 aliphatic heterocycles. The first-order chi connectivity index (χ1) is 11.5. The van der Waals surface area contributed by atoms with E-state index in [1.54, 1.807) is 24.3 Å². The highest BCUT2D eigenvalue weighted by Gasteiger charge is 2.06. The van der Waals surface area contributed by atoms with Crippen LogP contribution < -0.4 is 10.2 Å². The van der Waals surface area contributed by atoms with Crippen LogP contribution in [0.4, 0.5) is 5.69 Å². The third-order valence-corrected chi connectivity index (χ3v) is 3.53. The number of carbonyl (C=O) groups is 1. The van der Waals surface area contributed by atoms with Crippen LogP contribution in [0, 0.1) is 10.1 Å². The number of carbonyl (C=O) groups excluding carboxylic acids is 1. The molecule has 0 saturated heterocycles. The monoisotopic (exact) mass is 411 g/mol. The molecule has 0 bridgehead atoms. The van der Waals surface area contributed by atoms with Crippen molar-refractivity contribution in [1.82, 2.24) is 5.43 Å². The number of rotatable bonds is 6. The van der Waals surface area contributed by atoms with Crippen LogP contribution in [0.5, 0.6) is 5.75 Å². The van der Waals surface area contributed by atoms with Crippen molar-refractivity contribution >= 4 is 45.3 Å². The molecule has 0 spiro atoms. The van der Waals surface area contributed by atoms with Gasteiger partial charge in [-0.15, -0.1) is 0 Å². The fraction of sp³-hybridized carbons (Fsp3) is 0.0667. The van der Waals surface area contributed by atoms with Gasteiger partial charge in [-0.1, -0.05) is 39.7 Å². The first kappa shape index (κ1) is 17.9. The van der Waals surface area contributed by atoms with E-state index in [1.807, 2.05) is 0 Å². The van der Waals surface area contributed by atoms with Gasteiger partial charge >= 0.3 is 0 Å². The van der Waals surface area contributed by atoms with Crippen LogP contribution in [0.25, 0.3) is 0 Å². The number of hydrogen-bond donors (Lipinski definition) is 1. The zero-order valence-corrected chi connectivity index (χ0v) is 14.5. The molecule has 0 unspecified atom stereocenters. The highest BCUT2D eigenvalue weighted by Crippen LogP contribution is 2.27. The zero-order chi connectivity index (χ0) is 17.5. The second-order valence-corrected chi connectivity index (χ2v) is 5.83. The molecule has 0 atom stereocenters. The van der Waals surface area contributed by atoms with Gasteiger partial charge in [0.05, 0.1) is 16.2 Å². The quantitative estimate of drug-likeness (QED) is 0.446. The van der Waals surface area contributed by atoms with Crippen molar-refractivity contribution < 1.29 is 14.5 Å². The summed E-state index contributed by atoms with van der Waals surface area (Å²) in [5.74, 6) is -0.117. The number of benzene rings is 2. The van der Waals surface area contributed by atoms with Gasteiger partial charge in [-0.3, -0.25) is 14.9 Å². The summed E-state index contributed by atoms with van der Waals surface area (Å²) >= 11 is 9.23. The molecule has 1 amide bonds. The van der Waals surface area contributed by atoms with Gasteiger partial charge < -0.3 is 4.74 Å². The second-order valence-electron chi connectivity index (χ2n) is 4.51. The lowest BCUT2D eigenvalue weighted by Gasteiger charge is -2.07. The summed E-state index contributed by atoms with van der Waals surface area (Å²) in [5, 5.41) is 14.8. The average Bonchev–Trinajstić information content (AvgIpc) is 2.54. The number of halogens is 2. The number of nitrogens with zero attached hydrogens (tertiary/aromatic N) is 2. The van der Waals surface area contributed by atoms with Gasteiger partial charge in [-0.05, 0) is 18.2 Å². The summed E-state index contributed by atoms with van der Waals surface area (Å²) in [6, 6.07) is 10.9. The lowest BCUT2D eigenvalue weighted by molar-refractivity contribution is -0.384. The van der Waals surface area contributed by atoms with E-state index in [1.165, 1.54) is 24.4 Å². The van der Waals surface area contributed by atoms with Gasteiger partial charge in [0.1, 0.15) is 5.75 Å². The van der Waals surface area contributed by atoms with Crippen molar-refractivity contribution in [2.75, 3.05) is 6.61 Å². The van der Waals surface area contributed by atoms with Crippen LogP contribution in [0.1, 0.15) is 5.56 Å². The van der Waals surface area contributed by atoms with E-state index >= 15 is 0 Å². The number of non-ortho nitro benzene ring substituents is 1. The van der Waals surface area contributed by atoms with Gasteiger partial charge in [0.2, 0.25) is 0 Å². The number of nitrogens with one attached hydrogen (secondary N) is 1. The minimum Gasteiger partial charge on any atom is -0.482 e. The number of hydrazone groups is 1. The smallest absolute Gasteiger partial charge is 0.277 e. The summed E-state index contributed by atoms with van der Waals surface area (Å²) in [6.07, 6.45) is 1.30. The molecule has 24 heavy (non-hydrogen) atoms. The van der Waals surface area contributed by atoms with E-state index in [2.05, 4.69) is 26.5 Å². The molecule has 1 N–H and O–H groups in total. The predicted octanol–water partition coefficient (Wildman–Crippen LogP) is 3.54. The van der Waals surface area contributed by atoms with Crippen LogP contribution in [-0.4, -0.2) is 23.7 Å². The number of hydrogen-bond acceptors (Lipinski definition) is 5. The highest BCUT2D eigenvalue weighted by atomic mass is 79.9. The zero-order valence-electron chi connectivity index (χ0n) is 12.1. The van der Waals surface area contributed by atoms with Gasteiger partial charge in [0.15, 0.2) is 6.61 Å². The minimum atomic E-state index is -0.508. The standard InChI is InChI=1S/C15H11BrClN3O4/c16-11-4-5-14(13(17)7-11)24-9-15(21)19-18-8-10-2-1-3-12(6-10)20(22)23/h1-8H,9H2,(H,19,21). The number of amides is 1. The molecule has 124 valence electrons. The van der Waals surface area contributed by atoms with E-state index in [4.69, 9.17) is 16.3 Å². The molecule has 2 aromatic rings. The molecule has 0 aromatic heterocycles. The summed E-state index contributed by atoms with van der Waals surface area (Å²) in [5.41, 5.74) is 2.69. The first-order valence-corrected chi connectivity index (χ1v) is 7.77. The summed E-state index contributed by atoms with van der Waals surface area (Å²) in [7, 11) is 0. The van der Waals surface area contributed by atoms with E-state index in [0.29, 0.717) is 16.3 Å². The highest BCUT2D eigenvalue weighted by molar-refractivity contribution is 9.10. The Kier molecular flexibility index (Phi) is 6.28.